The summed E-state index contributed by atoms with van der Waals surface area (Å²) in [5.74, 6) is -1.60. The molecule has 1 aromatic carbocycles. The molecule has 41 heavy (non-hydrogen) atoms. The van der Waals surface area contributed by atoms with Crippen LogP contribution in [0.4, 0.5) is 5.69 Å². The van der Waals surface area contributed by atoms with Crippen LogP contribution >= 0.6 is 0 Å². The van der Waals surface area contributed by atoms with Gasteiger partial charge in [-0.15, -0.1) is 0 Å². The number of unbranched alkanes of at least 4 members (excludes halogenated alkanes) is 1. The molecular weight excluding hydrogens is 524 g/mol. The van der Waals surface area contributed by atoms with Crippen LogP contribution in [0.2, 0.25) is 0 Å². The number of nitrogens with one attached hydrogen (secondary N) is 4. The minimum Gasteiger partial charge on any atom is -0.460 e. The lowest BCUT2D eigenvalue weighted by molar-refractivity contribution is -0.154. The molecule has 1 unspecified atom stereocenters. The average molecular weight is 579 g/mol. The normalized spacial score (nSPS) is 11.0. The van der Waals surface area contributed by atoms with Gasteiger partial charge in [0.25, 0.3) is 0 Å². The number of amides is 4. The number of benzene rings is 1. The van der Waals surface area contributed by atoms with Gasteiger partial charge < -0.3 is 26.0 Å². The van der Waals surface area contributed by atoms with Crippen molar-refractivity contribution >= 4 is 35.3 Å². The molecule has 0 spiro atoms. The highest BCUT2D eigenvalue weighted by Crippen LogP contribution is 2.17. The van der Waals surface area contributed by atoms with Crippen molar-refractivity contribution in [2.45, 2.75) is 108 Å². The van der Waals surface area contributed by atoms with Crippen LogP contribution in [-0.4, -0.2) is 48.7 Å². The molecule has 10 heteroatoms. The molecule has 0 radical (unpaired) electrons. The van der Waals surface area contributed by atoms with E-state index >= 15 is 0 Å². The highest BCUT2D eigenvalue weighted by atomic mass is 16.5. The van der Waals surface area contributed by atoms with Crippen molar-refractivity contribution in [3.05, 3.63) is 29.8 Å². The van der Waals surface area contributed by atoms with Gasteiger partial charge in [-0.05, 0) is 57.2 Å². The third-order valence-corrected chi connectivity index (χ3v) is 5.38. The van der Waals surface area contributed by atoms with E-state index < -0.39 is 23.3 Å². The molecule has 0 fully saturated rings. The first-order valence-electron chi connectivity index (χ1n) is 14.7. The van der Waals surface area contributed by atoms with E-state index in [0.717, 1.165) is 5.56 Å². The summed E-state index contributed by atoms with van der Waals surface area (Å²) in [6, 6.07) is 6.09. The quantitative estimate of drug-likeness (QED) is 0.186. The van der Waals surface area contributed by atoms with Crippen LogP contribution in [0, 0.1) is 11.3 Å². The molecule has 0 bridgehead atoms. The second kappa shape index (κ2) is 22.3. The number of hydrogen-bond acceptors (Lipinski definition) is 6. The van der Waals surface area contributed by atoms with E-state index in [4.69, 9.17) is 4.74 Å². The number of carbonyl (C=O) groups is 5. The summed E-state index contributed by atoms with van der Waals surface area (Å²) >= 11 is 0. The van der Waals surface area contributed by atoms with E-state index in [1.807, 2.05) is 41.5 Å². The van der Waals surface area contributed by atoms with Crippen LogP contribution in [0.1, 0.15) is 100 Å². The fourth-order valence-corrected chi connectivity index (χ4v) is 3.08. The molecular formula is C31H54N4O6. The summed E-state index contributed by atoms with van der Waals surface area (Å²) in [7, 11) is 0. The van der Waals surface area contributed by atoms with Crippen molar-refractivity contribution < 1.29 is 28.7 Å². The predicted molar refractivity (Wildman–Crippen MR) is 164 cm³/mol. The average Bonchev–Trinajstić information content (AvgIpc) is 2.95. The van der Waals surface area contributed by atoms with Crippen LogP contribution in [0.25, 0.3) is 0 Å². The summed E-state index contributed by atoms with van der Waals surface area (Å²) < 4.78 is 5.27. The second-order valence-corrected chi connectivity index (χ2v) is 10.2. The summed E-state index contributed by atoms with van der Waals surface area (Å²) in [5.41, 5.74) is 0.739. The zero-order valence-electron chi connectivity index (χ0n) is 26.9. The molecule has 4 amide bonds. The van der Waals surface area contributed by atoms with Crippen molar-refractivity contribution in [1.29, 1.82) is 0 Å². The third-order valence-electron chi connectivity index (χ3n) is 5.38. The van der Waals surface area contributed by atoms with Gasteiger partial charge in [-0.2, -0.15) is 0 Å². The highest BCUT2D eigenvalue weighted by Gasteiger charge is 2.24. The largest absolute Gasteiger partial charge is 0.460 e. The fourth-order valence-electron chi connectivity index (χ4n) is 3.08. The SMILES string of the molecule is CC.CC.CCC(=O)NCCCCC(=O)NC(C(=O)NCC(=O)Nc1ccc(COC(=O)C(C)(C)C)cc1)C(C)C. The predicted octanol–water partition coefficient (Wildman–Crippen LogP) is 4.72. The van der Waals surface area contributed by atoms with Crippen molar-refractivity contribution in [3.63, 3.8) is 0 Å². The lowest BCUT2D eigenvalue weighted by atomic mass is 9.97. The number of anilines is 1. The maximum atomic E-state index is 12.6. The first-order valence-corrected chi connectivity index (χ1v) is 14.7. The zero-order valence-corrected chi connectivity index (χ0v) is 26.9. The summed E-state index contributed by atoms with van der Waals surface area (Å²) in [4.78, 5) is 60.3. The summed E-state index contributed by atoms with van der Waals surface area (Å²) in [5, 5.41) is 10.8. The minimum absolute atomic E-state index is 0.0269. The lowest BCUT2D eigenvalue weighted by Crippen LogP contribution is -2.51. The highest BCUT2D eigenvalue weighted by molar-refractivity contribution is 5.96. The molecule has 1 aromatic rings. The molecule has 234 valence electrons. The van der Waals surface area contributed by atoms with Gasteiger partial charge in [0.2, 0.25) is 23.6 Å². The Morgan fingerprint density at radius 2 is 1.41 bits per heavy atom. The molecule has 0 aliphatic heterocycles. The van der Waals surface area contributed by atoms with Gasteiger partial charge in [0.05, 0.1) is 12.0 Å². The van der Waals surface area contributed by atoms with Gasteiger partial charge in [0.1, 0.15) is 12.6 Å². The smallest absolute Gasteiger partial charge is 0.311 e. The molecule has 10 nitrogen and oxygen atoms in total. The van der Waals surface area contributed by atoms with E-state index in [2.05, 4.69) is 21.3 Å². The Hall–Kier alpha value is -3.43. The maximum Gasteiger partial charge on any atom is 0.311 e. The van der Waals surface area contributed by atoms with Crippen LogP contribution < -0.4 is 21.3 Å². The van der Waals surface area contributed by atoms with Gasteiger partial charge in [0, 0.05) is 25.1 Å². The Morgan fingerprint density at radius 3 is 1.93 bits per heavy atom. The number of carbonyl (C=O) groups excluding carboxylic acids is 5. The summed E-state index contributed by atoms with van der Waals surface area (Å²) in [6.45, 7) is 19.1. The summed E-state index contributed by atoms with van der Waals surface area (Å²) in [6.07, 6.45) is 1.92. The molecule has 0 aromatic heterocycles. The van der Waals surface area contributed by atoms with Crippen LogP contribution in [0.3, 0.4) is 0 Å². The molecule has 0 heterocycles. The molecule has 1 atom stereocenters. The second-order valence-electron chi connectivity index (χ2n) is 10.2. The van der Waals surface area contributed by atoms with Gasteiger partial charge in [-0.1, -0.05) is 60.6 Å². The van der Waals surface area contributed by atoms with Crippen molar-refractivity contribution in [2.75, 3.05) is 18.4 Å². The van der Waals surface area contributed by atoms with Crippen LogP contribution in [-0.2, 0) is 35.3 Å². The third kappa shape index (κ3) is 18.5. The molecule has 4 N–H and O–H groups in total. The molecule has 0 aliphatic carbocycles. The van der Waals surface area contributed by atoms with Gasteiger partial charge in [-0.25, -0.2) is 0 Å². The Labute approximate surface area is 247 Å². The van der Waals surface area contributed by atoms with Crippen molar-refractivity contribution in [2.24, 2.45) is 11.3 Å². The fraction of sp³-hybridized carbons (Fsp3) is 0.645. The van der Waals surface area contributed by atoms with Crippen molar-refractivity contribution in [3.8, 4) is 0 Å². The Kier molecular flexibility index (Phi) is 21.6. The van der Waals surface area contributed by atoms with E-state index in [9.17, 15) is 24.0 Å². The number of rotatable bonds is 14. The van der Waals surface area contributed by atoms with E-state index in [1.165, 1.54) is 0 Å². The Bertz CT molecular complexity index is 924. The topological polar surface area (TPSA) is 143 Å². The minimum atomic E-state index is -0.768. The van der Waals surface area contributed by atoms with E-state index in [0.29, 0.717) is 31.5 Å². The molecule has 0 aliphatic rings. The van der Waals surface area contributed by atoms with Crippen molar-refractivity contribution in [1.82, 2.24) is 16.0 Å². The maximum absolute atomic E-state index is 12.6. The number of esters is 1. The van der Waals surface area contributed by atoms with E-state index in [-0.39, 0.29) is 43.3 Å². The Balaban J connectivity index is 0. The number of ether oxygens (including phenoxy) is 1. The first kappa shape index (κ1) is 39.7. The monoisotopic (exact) mass is 578 g/mol. The lowest BCUT2D eigenvalue weighted by Gasteiger charge is -2.21. The molecule has 1 rings (SSSR count). The standard InChI is InChI=1S/C27H42N4O6.2C2H6/c1-7-21(32)28-15-9-8-10-22(33)31-24(18(2)3)25(35)29-16-23(34)30-20-13-11-19(12-14-20)17-37-26(36)27(4,5)6;2*1-2/h11-14,18,24H,7-10,15-17H2,1-6H3,(H,28,32)(H,29,35)(H,30,34)(H,31,33);2*1-2H3. The number of hydrogen-bond donors (Lipinski definition) is 4. The van der Waals surface area contributed by atoms with Crippen LogP contribution in [0.5, 0.6) is 0 Å². The molecule has 0 saturated carbocycles. The van der Waals surface area contributed by atoms with Crippen LogP contribution in [0.15, 0.2) is 24.3 Å². The van der Waals surface area contributed by atoms with E-state index in [1.54, 1.807) is 52.0 Å². The zero-order chi connectivity index (χ0) is 32.0. The first-order chi connectivity index (χ1) is 19.3. The molecule has 0 saturated heterocycles. The van der Waals surface area contributed by atoms with Gasteiger partial charge in [0.15, 0.2) is 0 Å². The Morgan fingerprint density at radius 1 is 0.829 bits per heavy atom. The van der Waals surface area contributed by atoms with Gasteiger partial charge in [-0.3, -0.25) is 24.0 Å². The van der Waals surface area contributed by atoms with Gasteiger partial charge >= 0.3 is 5.97 Å².